The molecule has 0 radical (unpaired) electrons. The SMILES string of the molecule is CC(=O)N1CC2CC(c3ccc(CCCOc4cccc(Cl)c4)cc3)=C(C(=O)N(C)CCc3ccccc3)C(C1)N2. The molecule has 0 aliphatic carbocycles. The molecule has 41 heavy (non-hydrogen) atoms. The van der Waals surface area contributed by atoms with Gasteiger partial charge in [0.05, 0.1) is 12.6 Å². The zero-order valence-corrected chi connectivity index (χ0v) is 24.6. The fourth-order valence-electron chi connectivity index (χ4n) is 5.77. The summed E-state index contributed by atoms with van der Waals surface area (Å²) in [6.07, 6.45) is 3.29. The third kappa shape index (κ3) is 7.38. The molecule has 1 fully saturated rings. The molecular formula is C34H38ClN3O3. The van der Waals surface area contributed by atoms with Crippen LogP contribution in [0.1, 0.15) is 36.5 Å². The monoisotopic (exact) mass is 571 g/mol. The van der Waals surface area contributed by atoms with Crippen LogP contribution >= 0.6 is 11.6 Å². The van der Waals surface area contributed by atoms with Crippen molar-refractivity contribution in [3.8, 4) is 5.75 Å². The van der Waals surface area contributed by atoms with E-state index < -0.39 is 0 Å². The van der Waals surface area contributed by atoms with Gasteiger partial charge in [-0.15, -0.1) is 0 Å². The molecule has 2 unspecified atom stereocenters. The van der Waals surface area contributed by atoms with E-state index in [0.29, 0.717) is 37.7 Å². The van der Waals surface area contributed by atoms with Crippen LogP contribution in [0.5, 0.6) is 5.75 Å². The molecule has 3 aromatic carbocycles. The molecule has 5 rings (SSSR count). The van der Waals surface area contributed by atoms with Crippen molar-refractivity contribution in [3.05, 3.63) is 106 Å². The van der Waals surface area contributed by atoms with Crippen molar-refractivity contribution in [3.63, 3.8) is 0 Å². The van der Waals surface area contributed by atoms with E-state index in [2.05, 4.69) is 41.7 Å². The smallest absolute Gasteiger partial charge is 0.251 e. The summed E-state index contributed by atoms with van der Waals surface area (Å²) in [4.78, 5) is 29.9. The van der Waals surface area contributed by atoms with Gasteiger partial charge in [-0.1, -0.05) is 72.3 Å². The Morgan fingerprint density at radius 2 is 1.73 bits per heavy atom. The Bertz CT molecular complexity index is 1390. The van der Waals surface area contributed by atoms with E-state index in [1.165, 1.54) is 11.1 Å². The van der Waals surface area contributed by atoms with Crippen molar-refractivity contribution in [1.82, 2.24) is 15.1 Å². The molecule has 1 N–H and O–H groups in total. The minimum atomic E-state index is -0.184. The number of hydrogen-bond acceptors (Lipinski definition) is 4. The van der Waals surface area contributed by atoms with Gasteiger partial charge in [0.15, 0.2) is 0 Å². The van der Waals surface area contributed by atoms with Crippen LogP contribution in [0.3, 0.4) is 0 Å². The van der Waals surface area contributed by atoms with Crippen molar-refractivity contribution in [2.24, 2.45) is 0 Å². The van der Waals surface area contributed by atoms with Crippen LogP contribution in [-0.4, -0.2) is 67.0 Å². The second-order valence-electron chi connectivity index (χ2n) is 11.0. The third-order valence-corrected chi connectivity index (χ3v) is 8.22. The summed E-state index contributed by atoms with van der Waals surface area (Å²) in [5.74, 6) is 0.864. The summed E-state index contributed by atoms with van der Waals surface area (Å²) >= 11 is 6.04. The van der Waals surface area contributed by atoms with Gasteiger partial charge >= 0.3 is 0 Å². The normalized spacial score (nSPS) is 18.3. The van der Waals surface area contributed by atoms with E-state index in [1.54, 1.807) is 6.92 Å². The topological polar surface area (TPSA) is 61.9 Å². The Kier molecular flexibility index (Phi) is 9.42. The first kappa shape index (κ1) is 28.9. The van der Waals surface area contributed by atoms with Gasteiger partial charge in [-0.25, -0.2) is 0 Å². The molecule has 0 aromatic heterocycles. The molecule has 2 amide bonds. The summed E-state index contributed by atoms with van der Waals surface area (Å²) in [6.45, 7) is 4.02. The van der Waals surface area contributed by atoms with E-state index >= 15 is 0 Å². The Morgan fingerprint density at radius 1 is 0.976 bits per heavy atom. The maximum atomic E-state index is 14.0. The predicted molar refractivity (Wildman–Crippen MR) is 164 cm³/mol. The van der Waals surface area contributed by atoms with E-state index in [1.807, 2.05) is 59.3 Å². The first-order valence-electron chi connectivity index (χ1n) is 14.4. The summed E-state index contributed by atoms with van der Waals surface area (Å²) in [7, 11) is 1.88. The number of ether oxygens (including phenoxy) is 1. The molecule has 214 valence electrons. The molecule has 2 aliphatic rings. The standard InChI is InChI=1S/C34H38ClN3O3/c1-24(39)38-22-29-21-31(27-15-13-26(14-16-27)10-7-19-41-30-12-6-11-28(35)20-30)33(32(23-38)36-29)34(40)37(2)18-17-25-8-4-3-5-9-25/h3-6,8-9,11-16,20,29,32,36H,7,10,17-19,21-23H2,1-2H3. The molecule has 2 bridgehead atoms. The Hall–Kier alpha value is -3.61. The van der Waals surface area contributed by atoms with Gasteiger partial charge in [0.2, 0.25) is 5.91 Å². The van der Waals surface area contributed by atoms with Gasteiger partial charge in [-0.3, -0.25) is 9.59 Å². The molecule has 7 heteroatoms. The summed E-state index contributed by atoms with van der Waals surface area (Å²) in [6, 6.07) is 26.2. The van der Waals surface area contributed by atoms with Gasteiger partial charge in [0.25, 0.3) is 5.91 Å². The Balaban J connectivity index is 1.30. The Morgan fingerprint density at radius 3 is 2.46 bits per heavy atom. The second-order valence-corrected chi connectivity index (χ2v) is 11.4. The van der Waals surface area contributed by atoms with Crippen molar-refractivity contribution in [2.45, 2.75) is 44.7 Å². The fraction of sp³-hybridized carbons (Fsp3) is 0.353. The minimum Gasteiger partial charge on any atom is -0.494 e. The molecule has 3 aromatic rings. The summed E-state index contributed by atoms with van der Waals surface area (Å²) in [5.41, 5.74) is 5.39. The zero-order chi connectivity index (χ0) is 28.8. The number of carbonyl (C=O) groups is 2. The van der Waals surface area contributed by atoms with Crippen molar-refractivity contribution >= 4 is 29.0 Å². The summed E-state index contributed by atoms with van der Waals surface area (Å²) < 4.78 is 5.84. The number of hydrogen-bond donors (Lipinski definition) is 1. The lowest BCUT2D eigenvalue weighted by Gasteiger charge is -2.44. The first-order chi connectivity index (χ1) is 19.9. The van der Waals surface area contributed by atoms with Crippen LogP contribution in [-0.2, 0) is 22.4 Å². The largest absolute Gasteiger partial charge is 0.494 e. The minimum absolute atomic E-state index is 0.0273. The van der Waals surface area contributed by atoms with Crippen LogP contribution in [0.15, 0.2) is 84.4 Å². The number of fused-ring (bicyclic) bond motifs is 2. The molecule has 2 aliphatic heterocycles. The average Bonchev–Trinajstić information content (AvgIpc) is 2.98. The third-order valence-electron chi connectivity index (χ3n) is 7.98. The Labute approximate surface area is 247 Å². The highest BCUT2D eigenvalue weighted by Gasteiger charge is 2.39. The molecule has 2 heterocycles. The van der Waals surface area contributed by atoms with Gasteiger partial charge in [-0.05, 0) is 66.1 Å². The lowest BCUT2D eigenvalue weighted by molar-refractivity contribution is -0.132. The van der Waals surface area contributed by atoms with E-state index in [0.717, 1.165) is 41.7 Å². The summed E-state index contributed by atoms with van der Waals surface area (Å²) in [5, 5.41) is 4.31. The van der Waals surface area contributed by atoms with Crippen LogP contribution < -0.4 is 10.1 Å². The maximum Gasteiger partial charge on any atom is 0.251 e. The van der Waals surface area contributed by atoms with Crippen molar-refractivity contribution < 1.29 is 14.3 Å². The number of benzene rings is 3. The quantitative estimate of drug-likeness (QED) is 0.331. The molecule has 2 atom stereocenters. The number of amides is 2. The molecular weight excluding hydrogens is 534 g/mol. The van der Waals surface area contributed by atoms with Gasteiger partial charge in [-0.2, -0.15) is 0 Å². The van der Waals surface area contributed by atoms with E-state index in [-0.39, 0.29) is 23.9 Å². The van der Waals surface area contributed by atoms with Gasteiger partial charge in [0, 0.05) is 50.2 Å². The van der Waals surface area contributed by atoms with Crippen LogP contribution in [0, 0.1) is 0 Å². The molecule has 6 nitrogen and oxygen atoms in total. The highest BCUT2D eigenvalue weighted by molar-refractivity contribution is 6.30. The van der Waals surface area contributed by atoms with Crippen LogP contribution in [0.25, 0.3) is 5.57 Å². The van der Waals surface area contributed by atoms with E-state index in [9.17, 15) is 9.59 Å². The number of aryl methyl sites for hydroxylation is 1. The van der Waals surface area contributed by atoms with Crippen LogP contribution in [0.4, 0.5) is 0 Å². The van der Waals surface area contributed by atoms with Crippen LogP contribution in [0.2, 0.25) is 5.02 Å². The first-order valence-corrected chi connectivity index (χ1v) is 14.8. The highest BCUT2D eigenvalue weighted by atomic mass is 35.5. The van der Waals surface area contributed by atoms with Crippen molar-refractivity contribution in [2.75, 3.05) is 33.3 Å². The number of piperazine rings is 1. The maximum absolute atomic E-state index is 14.0. The van der Waals surface area contributed by atoms with Gasteiger partial charge in [0.1, 0.15) is 5.75 Å². The molecule has 0 spiro atoms. The second kappa shape index (κ2) is 13.4. The number of nitrogens with one attached hydrogen (secondary N) is 1. The fourth-order valence-corrected chi connectivity index (χ4v) is 5.95. The zero-order valence-electron chi connectivity index (χ0n) is 23.8. The number of rotatable bonds is 10. The number of halogens is 1. The number of nitrogens with zero attached hydrogens (tertiary/aromatic N) is 2. The molecule has 1 saturated heterocycles. The highest BCUT2D eigenvalue weighted by Crippen LogP contribution is 2.34. The van der Waals surface area contributed by atoms with Crippen molar-refractivity contribution in [1.29, 1.82) is 0 Å². The lowest BCUT2D eigenvalue weighted by Crippen LogP contribution is -2.61. The average molecular weight is 572 g/mol. The van der Waals surface area contributed by atoms with Gasteiger partial charge < -0.3 is 19.9 Å². The lowest BCUT2D eigenvalue weighted by atomic mass is 9.82. The number of carbonyl (C=O) groups excluding carboxylic acids is 2. The predicted octanol–water partition coefficient (Wildman–Crippen LogP) is 5.40. The molecule has 0 saturated carbocycles. The van der Waals surface area contributed by atoms with E-state index in [4.69, 9.17) is 16.3 Å². The number of likely N-dealkylation sites (N-methyl/N-ethyl adjacent to an activating group) is 1.